The molecule has 1 amide bonds. The minimum Gasteiger partial charge on any atom is -0.490 e. The molecule has 0 aromatic heterocycles. The third-order valence-corrected chi connectivity index (χ3v) is 4.65. The molecule has 6 heteroatoms. The van der Waals surface area contributed by atoms with E-state index in [0.29, 0.717) is 32.1 Å². The second-order valence-corrected chi connectivity index (χ2v) is 8.12. The Morgan fingerprint density at radius 1 is 1.10 bits per heavy atom. The van der Waals surface area contributed by atoms with Crippen molar-refractivity contribution in [2.45, 2.75) is 47.1 Å². The number of anilines is 2. The van der Waals surface area contributed by atoms with Gasteiger partial charge in [0.2, 0.25) is 5.91 Å². The SMILES string of the molecule is CCCOc1c(Br)cc(CNc2cccc(NC(=O)CC(C)C)c2)cc1OCC. The van der Waals surface area contributed by atoms with E-state index in [2.05, 4.69) is 33.5 Å². The summed E-state index contributed by atoms with van der Waals surface area (Å²) in [5.41, 5.74) is 2.80. The van der Waals surface area contributed by atoms with Crippen LogP contribution in [0.1, 0.15) is 46.1 Å². The monoisotopic (exact) mass is 462 g/mol. The van der Waals surface area contributed by atoms with E-state index in [1.54, 1.807) is 0 Å². The highest BCUT2D eigenvalue weighted by Crippen LogP contribution is 2.37. The Balaban J connectivity index is 2.07. The molecule has 0 saturated carbocycles. The topological polar surface area (TPSA) is 59.6 Å². The molecule has 5 nitrogen and oxygen atoms in total. The molecular formula is C23H31BrN2O3. The van der Waals surface area contributed by atoms with Crippen LogP contribution in [0.3, 0.4) is 0 Å². The van der Waals surface area contributed by atoms with Crippen LogP contribution in [0.5, 0.6) is 11.5 Å². The second-order valence-electron chi connectivity index (χ2n) is 7.27. The third-order valence-electron chi connectivity index (χ3n) is 4.06. The molecule has 0 spiro atoms. The largest absolute Gasteiger partial charge is 0.490 e. The Bertz CT molecular complexity index is 809. The third kappa shape index (κ3) is 7.61. The van der Waals surface area contributed by atoms with E-state index in [0.717, 1.165) is 39.3 Å². The van der Waals surface area contributed by atoms with Crippen molar-refractivity contribution in [2.75, 3.05) is 23.8 Å². The lowest BCUT2D eigenvalue weighted by molar-refractivity contribution is -0.116. The van der Waals surface area contributed by atoms with Gasteiger partial charge in [-0.05, 0) is 71.1 Å². The van der Waals surface area contributed by atoms with Crippen LogP contribution < -0.4 is 20.1 Å². The van der Waals surface area contributed by atoms with Crippen LogP contribution in [-0.4, -0.2) is 19.1 Å². The molecule has 0 bridgehead atoms. The van der Waals surface area contributed by atoms with Crippen LogP contribution in [0.15, 0.2) is 40.9 Å². The van der Waals surface area contributed by atoms with Crippen LogP contribution in [0.2, 0.25) is 0 Å². The lowest BCUT2D eigenvalue weighted by Gasteiger charge is -2.16. The van der Waals surface area contributed by atoms with Crippen molar-refractivity contribution < 1.29 is 14.3 Å². The average molecular weight is 463 g/mol. The fraction of sp³-hybridized carbons (Fsp3) is 0.435. The van der Waals surface area contributed by atoms with Crippen LogP contribution in [0.25, 0.3) is 0 Å². The van der Waals surface area contributed by atoms with Crippen LogP contribution in [0, 0.1) is 5.92 Å². The first-order valence-corrected chi connectivity index (χ1v) is 10.9. The predicted molar refractivity (Wildman–Crippen MR) is 123 cm³/mol. The Kier molecular flexibility index (Phi) is 9.32. The predicted octanol–water partition coefficient (Wildman–Crippen LogP) is 6.23. The lowest BCUT2D eigenvalue weighted by Crippen LogP contribution is -2.13. The van der Waals surface area contributed by atoms with Gasteiger partial charge in [0, 0.05) is 24.3 Å². The minimum absolute atomic E-state index is 0.0325. The summed E-state index contributed by atoms with van der Waals surface area (Å²) in [5.74, 6) is 1.85. The fourth-order valence-electron chi connectivity index (χ4n) is 2.82. The summed E-state index contributed by atoms with van der Waals surface area (Å²) in [5, 5.41) is 6.36. The maximum Gasteiger partial charge on any atom is 0.224 e. The molecule has 0 aliphatic heterocycles. The Morgan fingerprint density at radius 3 is 2.55 bits per heavy atom. The van der Waals surface area contributed by atoms with Gasteiger partial charge in [0.15, 0.2) is 11.5 Å². The molecule has 0 fully saturated rings. The van der Waals surface area contributed by atoms with Gasteiger partial charge < -0.3 is 20.1 Å². The van der Waals surface area contributed by atoms with Gasteiger partial charge in [-0.1, -0.05) is 26.8 Å². The summed E-state index contributed by atoms with van der Waals surface area (Å²) in [6, 6.07) is 11.8. The number of rotatable bonds is 11. The molecule has 2 aromatic carbocycles. The van der Waals surface area contributed by atoms with E-state index in [1.807, 2.05) is 57.2 Å². The van der Waals surface area contributed by atoms with Crippen molar-refractivity contribution in [1.82, 2.24) is 0 Å². The standard InChI is InChI=1S/C23H31BrN2O3/c1-5-10-29-23-20(24)12-17(13-21(23)28-6-2)15-25-18-8-7-9-19(14-18)26-22(27)11-16(3)4/h7-9,12-14,16,25H,5-6,10-11,15H2,1-4H3,(H,26,27). The Labute approximate surface area is 182 Å². The number of hydrogen-bond acceptors (Lipinski definition) is 4. The van der Waals surface area contributed by atoms with E-state index in [1.165, 1.54) is 0 Å². The molecule has 2 N–H and O–H groups in total. The number of carbonyl (C=O) groups is 1. The molecule has 0 aliphatic rings. The summed E-state index contributed by atoms with van der Waals surface area (Å²) in [7, 11) is 0. The first-order valence-electron chi connectivity index (χ1n) is 10.1. The van der Waals surface area contributed by atoms with Gasteiger partial charge in [0.25, 0.3) is 0 Å². The van der Waals surface area contributed by atoms with Crippen molar-refractivity contribution in [3.63, 3.8) is 0 Å². The van der Waals surface area contributed by atoms with Crippen molar-refractivity contribution >= 4 is 33.2 Å². The zero-order valence-electron chi connectivity index (χ0n) is 17.7. The first kappa shape index (κ1) is 23.1. The van der Waals surface area contributed by atoms with E-state index >= 15 is 0 Å². The summed E-state index contributed by atoms with van der Waals surface area (Å²) in [6.45, 7) is 9.94. The van der Waals surface area contributed by atoms with Crippen molar-refractivity contribution in [1.29, 1.82) is 0 Å². The van der Waals surface area contributed by atoms with Crippen molar-refractivity contribution in [3.8, 4) is 11.5 Å². The lowest BCUT2D eigenvalue weighted by atomic mass is 10.1. The van der Waals surface area contributed by atoms with E-state index in [-0.39, 0.29) is 5.91 Å². The molecule has 0 radical (unpaired) electrons. The number of amides is 1. The average Bonchev–Trinajstić information content (AvgIpc) is 2.65. The summed E-state index contributed by atoms with van der Waals surface area (Å²) < 4.78 is 12.5. The maximum absolute atomic E-state index is 12.0. The van der Waals surface area contributed by atoms with Crippen LogP contribution in [0.4, 0.5) is 11.4 Å². The number of carbonyl (C=O) groups excluding carboxylic acids is 1. The van der Waals surface area contributed by atoms with E-state index in [9.17, 15) is 4.79 Å². The molecule has 29 heavy (non-hydrogen) atoms. The van der Waals surface area contributed by atoms with Crippen molar-refractivity contribution in [3.05, 3.63) is 46.4 Å². The molecule has 2 aromatic rings. The number of ether oxygens (including phenoxy) is 2. The second kappa shape index (κ2) is 11.7. The zero-order chi connectivity index (χ0) is 21.2. The highest BCUT2D eigenvalue weighted by molar-refractivity contribution is 9.10. The van der Waals surface area contributed by atoms with Crippen LogP contribution >= 0.6 is 15.9 Å². The minimum atomic E-state index is 0.0325. The van der Waals surface area contributed by atoms with Gasteiger partial charge in [0.05, 0.1) is 17.7 Å². The molecule has 0 heterocycles. The number of halogens is 1. The van der Waals surface area contributed by atoms with E-state index < -0.39 is 0 Å². The van der Waals surface area contributed by atoms with Gasteiger partial charge in [-0.25, -0.2) is 0 Å². The summed E-state index contributed by atoms with van der Waals surface area (Å²) in [6.07, 6.45) is 1.45. The zero-order valence-corrected chi connectivity index (χ0v) is 19.3. The smallest absolute Gasteiger partial charge is 0.224 e. The highest BCUT2D eigenvalue weighted by Gasteiger charge is 2.12. The molecule has 0 aliphatic carbocycles. The number of benzene rings is 2. The Hall–Kier alpha value is -2.21. The summed E-state index contributed by atoms with van der Waals surface area (Å²) >= 11 is 3.60. The van der Waals surface area contributed by atoms with Gasteiger partial charge in [0.1, 0.15) is 0 Å². The number of hydrogen-bond donors (Lipinski definition) is 2. The normalized spacial score (nSPS) is 10.7. The number of nitrogens with one attached hydrogen (secondary N) is 2. The van der Waals surface area contributed by atoms with Crippen LogP contribution in [-0.2, 0) is 11.3 Å². The molecule has 158 valence electrons. The van der Waals surface area contributed by atoms with Crippen molar-refractivity contribution in [2.24, 2.45) is 5.92 Å². The fourth-order valence-corrected chi connectivity index (χ4v) is 3.43. The van der Waals surface area contributed by atoms with E-state index in [4.69, 9.17) is 9.47 Å². The quantitative estimate of drug-likeness (QED) is 0.415. The molecule has 0 saturated heterocycles. The molecule has 0 atom stereocenters. The van der Waals surface area contributed by atoms with Gasteiger partial charge in [-0.2, -0.15) is 0 Å². The Morgan fingerprint density at radius 2 is 1.86 bits per heavy atom. The summed E-state index contributed by atoms with van der Waals surface area (Å²) in [4.78, 5) is 12.0. The molecule has 2 rings (SSSR count). The first-order chi connectivity index (χ1) is 13.9. The molecule has 0 unspecified atom stereocenters. The van der Waals surface area contributed by atoms with Gasteiger partial charge >= 0.3 is 0 Å². The highest BCUT2D eigenvalue weighted by atomic mass is 79.9. The van der Waals surface area contributed by atoms with Gasteiger partial charge in [-0.3, -0.25) is 4.79 Å². The maximum atomic E-state index is 12.0. The molecular weight excluding hydrogens is 432 g/mol. The van der Waals surface area contributed by atoms with Gasteiger partial charge in [-0.15, -0.1) is 0 Å².